The summed E-state index contributed by atoms with van der Waals surface area (Å²) in [6, 6.07) is 0.341. The van der Waals surface area contributed by atoms with Gasteiger partial charge in [0, 0.05) is 18.1 Å². The Kier molecular flexibility index (Phi) is 4.95. The van der Waals surface area contributed by atoms with Gasteiger partial charge in [-0.1, -0.05) is 6.92 Å². The molecule has 0 aliphatic heterocycles. The van der Waals surface area contributed by atoms with E-state index in [1.165, 1.54) is 0 Å². The number of hydrogen-bond acceptors (Lipinski definition) is 3. The lowest BCUT2D eigenvalue weighted by molar-refractivity contribution is -0.128. The highest BCUT2D eigenvalue weighted by molar-refractivity contribution is 5.82. The van der Waals surface area contributed by atoms with Crippen molar-refractivity contribution in [1.82, 2.24) is 10.2 Å². The first-order valence-corrected chi connectivity index (χ1v) is 6.60. The molecule has 1 fully saturated rings. The Labute approximate surface area is 104 Å². The van der Waals surface area contributed by atoms with Crippen molar-refractivity contribution in [2.24, 2.45) is 0 Å². The fourth-order valence-electron chi connectivity index (χ4n) is 1.89. The van der Waals surface area contributed by atoms with Crippen LogP contribution in [0.2, 0.25) is 0 Å². The minimum atomic E-state index is -0.153. The number of nitrogens with zero attached hydrogens (tertiary/aromatic N) is 1. The van der Waals surface area contributed by atoms with Crippen LogP contribution in [0.4, 0.5) is 0 Å². The fourth-order valence-corrected chi connectivity index (χ4v) is 1.89. The van der Waals surface area contributed by atoms with Crippen molar-refractivity contribution >= 4 is 5.91 Å². The SMILES string of the molecule is CCC(C)(C)NC(=O)C(C)N(CCO)C1CC1. The first-order chi connectivity index (χ1) is 7.91. The zero-order valence-corrected chi connectivity index (χ0v) is 11.5. The number of aliphatic hydroxyl groups excluding tert-OH is 1. The third-order valence-corrected chi connectivity index (χ3v) is 3.60. The van der Waals surface area contributed by atoms with Crippen LogP contribution in [-0.4, -0.2) is 46.7 Å². The van der Waals surface area contributed by atoms with Crippen molar-refractivity contribution in [1.29, 1.82) is 0 Å². The van der Waals surface area contributed by atoms with Crippen LogP contribution in [0.5, 0.6) is 0 Å². The second kappa shape index (κ2) is 5.83. The summed E-state index contributed by atoms with van der Waals surface area (Å²) < 4.78 is 0. The summed E-state index contributed by atoms with van der Waals surface area (Å²) in [5.41, 5.74) is -0.153. The Morgan fingerprint density at radius 1 is 1.53 bits per heavy atom. The second-order valence-electron chi connectivity index (χ2n) is 5.60. The zero-order chi connectivity index (χ0) is 13.1. The summed E-state index contributed by atoms with van der Waals surface area (Å²) >= 11 is 0. The lowest BCUT2D eigenvalue weighted by Crippen LogP contribution is -2.53. The Morgan fingerprint density at radius 3 is 2.53 bits per heavy atom. The third kappa shape index (κ3) is 4.28. The molecule has 0 spiro atoms. The third-order valence-electron chi connectivity index (χ3n) is 3.60. The van der Waals surface area contributed by atoms with E-state index in [4.69, 9.17) is 5.11 Å². The summed E-state index contributed by atoms with van der Waals surface area (Å²) in [7, 11) is 0. The van der Waals surface area contributed by atoms with Crippen LogP contribution in [0.25, 0.3) is 0 Å². The molecular formula is C13H26N2O2. The van der Waals surface area contributed by atoms with E-state index < -0.39 is 0 Å². The Hall–Kier alpha value is -0.610. The molecule has 1 aliphatic carbocycles. The van der Waals surface area contributed by atoms with Crippen molar-refractivity contribution < 1.29 is 9.90 Å². The van der Waals surface area contributed by atoms with E-state index in [1.54, 1.807) is 0 Å². The molecule has 1 aliphatic rings. The van der Waals surface area contributed by atoms with Gasteiger partial charge < -0.3 is 10.4 Å². The highest BCUT2D eigenvalue weighted by Gasteiger charge is 2.35. The molecule has 2 N–H and O–H groups in total. The molecule has 0 aromatic rings. The van der Waals surface area contributed by atoms with E-state index in [-0.39, 0.29) is 24.1 Å². The van der Waals surface area contributed by atoms with Crippen LogP contribution in [0.15, 0.2) is 0 Å². The van der Waals surface area contributed by atoms with Gasteiger partial charge in [-0.25, -0.2) is 0 Å². The van der Waals surface area contributed by atoms with E-state index in [9.17, 15) is 4.79 Å². The minimum absolute atomic E-state index is 0.0669. The molecule has 1 saturated carbocycles. The normalized spacial score (nSPS) is 18.2. The summed E-state index contributed by atoms with van der Waals surface area (Å²) in [4.78, 5) is 14.2. The summed E-state index contributed by atoms with van der Waals surface area (Å²) in [6.45, 7) is 8.76. The maximum absolute atomic E-state index is 12.1. The van der Waals surface area contributed by atoms with E-state index >= 15 is 0 Å². The van der Waals surface area contributed by atoms with Crippen LogP contribution in [0.3, 0.4) is 0 Å². The van der Waals surface area contributed by atoms with Gasteiger partial charge in [0.05, 0.1) is 12.6 Å². The summed E-state index contributed by atoms with van der Waals surface area (Å²) in [5, 5.41) is 12.1. The van der Waals surface area contributed by atoms with Gasteiger partial charge in [-0.3, -0.25) is 9.69 Å². The van der Waals surface area contributed by atoms with Gasteiger partial charge in [-0.15, -0.1) is 0 Å². The van der Waals surface area contributed by atoms with Gasteiger partial charge >= 0.3 is 0 Å². The predicted molar refractivity (Wildman–Crippen MR) is 68.8 cm³/mol. The molecule has 0 radical (unpaired) electrons. The van der Waals surface area contributed by atoms with Crippen LogP contribution >= 0.6 is 0 Å². The van der Waals surface area contributed by atoms with Crippen LogP contribution < -0.4 is 5.32 Å². The molecule has 1 rings (SSSR count). The molecule has 0 aromatic carbocycles. The smallest absolute Gasteiger partial charge is 0.237 e. The quantitative estimate of drug-likeness (QED) is 0.704. The maximum atomic E-state index is 12.1. The van der Waals surface area contributed by atoms with Gasteiger partial charge in [0.1, 0.15) is 0 Å². The Bertz CT molecular complexity index is 262. The molecule has 0 saturated heterocycles. The van der Waals surface area contributed by atoms with Crippen molar-refractivity contribution in [3.63, 3.8) is 0 Å². The Balaban J connectivity index is 2.54. The molecular weight excluding hydrogens is 216 g/mol. The first-order valence-electron chi connectivity index (χ1n) is 6.60. The van der Waals surface area contributed by atoms with Crippen molar-refractivity contribution in [2.75, 3.05) is 13.2 Å². The zero-order valence-electron chi connectivity index (χ0n) is 11.5. The molecule has 4 heteroatoms. The van der Waals surface area contributed by atoms with Gasteiger partial charge in [-0.2, -0.15) is 0 Å². The van der Waals surface area contributed by atoms with Crippen LogP contribution in [0, 0.1) is 0 Å². The average molecular weight is 242 g/mol. The van der Waals surface area contributed by atoms with Crippen LogP contribution in [-0.2, 0) is 4.79 Å². The van der Waals surface area contributed by atoms with Crippen LogP contribution in [0.1, 0.15) is 47.0 Å². The van der Waals surface area contributed by atoms with E-state index in [2.05, 4.69) is 17.1 Å². The molecule has 1 atom stereocenters. The molecule has 4 nitrogen and oxygen atoms in total. The molecule has 1 amide bonds. The summed E-state index contributed by atoms with van der Waals surface area (Å²) in [5.74, 6) is 0.0669. The first kappa shape index (κ1) is 14.5. The van der Waals surface area contributed by atoms with Crippen molar-refractivity contribution in [3.8, 4) is 0 Å². The lowest BCUT2D eigenvalue weighted by atomic mass is 10.0. The maximum Gasteiger partial charge on any atom is 0.237 e. The van der Waals surface area contributed by atoms with Crippen molar-refractivity contribution in [3.05, 3.63) is 0 Å². The predicted octanol–water partition coefficient (Wildman–Crippen LogP) is 1.14. The minimum Gasteiger partial charge on any atom is -0.395 e. The molecule has 0 bridgehead atoms. The number of amides is 1. The molecule has 1 unspecified atom stereocenters. The number of nitrogens with one attached hydrogen (secondary N) is 1. The van der Waals surface area contributed by atoms with E-state index in [0.29, 0.717) is 12.6 Å². The van der Waals surface area contributed by atoms with E-state index in [1.807, 2.05) is 20.8 Å². The van der Waals surface area contributed by atoms with Gasteiger partial charge in [0.25, 0.3) is 0 Å². The largest absolute Gasteiger partial charge is 0.395 e. The number of carbonyl (C=O) groups is 1. The average Bonchev–Trinajstić information content (AvgIpc) is 3.08. The topological polar surface area (TPSA) is 52.6 Å². The Morgan fingerprint density at radius 2 is 2.12 bits per heavy atom. The van der Waals surface area contributed by atoms with Gasteiger partial charge in [0.2, 0.25) is 5.91 Å². The van der Waals surface area contributed by atoms with E-state index in [0.717, 1.165) is 19.3 Å². The number of carbonyl (C=O) groups excluding carboxylic acids is 1. The number of hydrogen-bond donors (Lipinski definition) is 2. The standard InChI is InChI=1S/C13H26N2O2/c1-5-13(3,4)14-12(17)10(2)15(8-9-16)11-6-7-11/h10-11,16H,5-9H2,1-4H3,(H,14,17). The highest BCUT2D eigenvalue weighted by atomic mass is 16.3. The fraction of sp³-hybridized carbons (Fsp3) is 0.923. The number of aliphatic hydroxyl groups is 1. The number of rotatable bonds is 7. The summed E-state index contributed by atoms with van der Waals surface area (Å²) in [6.07, 6.45) is 3.21. The lowest BCUT2D eigenvalue weighted by Gasteiger charge is -2.32. The monoisotopic (exact) mass is 242 g/mol. The van der Waals surface area contributed by atoms with Crippen molar-refractivity contribution in [2.45, 2.75) is 64.6 Å². The second-order valence-corrected chi connectivity index (χ2v) is 5.60. The molecule has 0 aromatic heterocycles. The van der Waals surface area contributed by atoms with Gasteiger partial charge in [0.15, 0.2) is 0 Å². The molecule has 100 valence electrons. The molecule has 0 heterocycles. The van der Waals surface area contributed by atoms with Gasteiger partial charge in [-0.05, 0) is 40.0 Å². The molecule has 17 heavy (non-hydrogen) atoms. The highest BCUT2D eigenvalue weighted by Crippen LogP contribution is 2.28.